The third kappa shape index (κ3) is 5.97. The average molecular weight is 351 g/mol. The number of rotatable bonds is 7. The Kier molecular flexibility index (Phi) is 7.01. The zero-order chi connectivity index (χ0) is 17.6. The van der Waals surface area contributed by atoms with Gasteiger partial charge in [0, 0.05) is 25.2 Å². The van der Waals surface area contributed by atoms with Gasteiger partial charge in [0.2, 0.25) is 0 Å². The molecule has 1 aliphatic heterocycles. The van der Waals surface area contributed by atoms with E-state index in [2.05, 4.69) is 56.8 Å². The molecule has 1 unspecified atom stereocenters. The Hall–Kier alpha value is -0.723. The van der Waals surface area contributed by atoms with Gasteiger partial charge in [0.25, 0.3) is 0 Å². The van der Waals surface area contributed by atoms with E-state index in [-0.39, 0.29) is 5.04 Å². The van der Waals surface area contributed by atoms with Crippen molar-refractivity contribution in [1.29, 1.82) is 0 Å². The molecule has 0 aliphatic carbocycles. The van der Waals surface area contributed by atoms with E-state index in [1.54, 1.807) is 0 Å². The van der Waals surface area contributed by atoms with Gasteiger partial charge in [0.1, 0.15) is 0 Å². The van der Waals surface area contributed by atoms with Crippen molar-refractivity contribution in [3.05, 3.63) is 35.9 Å². The van der Waals surface area contributed by atoms with E-state index in [1.807, 2.05) is 18.2 Å². The molecule has 1 heterocycles. The first kappa shape index (κ1) is 19.6. The fourth-order valence-electron chi connectivity index (χ4n) is 2.50. The summed E-state index contributed by atoms with van der Waals surface area (Å²) in [5.74, 6) is 0. The summed E-state index contributed by atoms with van der Waals surface area (Å²) >= 11 is 0. The van der Waals surface area contributed by atoms with Crippen LogP contribution in [-0.2, 0) is 15.9 Å². The number of hydroxylamine groups is 1. The molecule has 4 nitrogen and oxygen atoms in total. The monoisotopic (exact) mass is 350 g/mol. The maximum Gasteiger partial charge on any atom is 0.192 e. The normalized spacial score (nSPS) is 22.5. The molecule has 2 N–H and O–H groups in total. The third-order valence-corrected chi connectivity index (χ3v) is 9.80. The topological polar surface area (TPSA) is 42.5 Å². The first-order chi connectivity index (χ1) is 11.3. The number of hydrogen-bond donors (Lipinski definition) is 2. The smallest absolute Gasteiger partial charge is 0.192 e. The lowest BCUT2D eigenvalue weighted by Gasteiger charge is -2.38. The zero-order valence-corrected chi connectivity index (χ0v) is 16.9. The minimum atomic E-state index is -1.64. The van der Waals surface area contributed by atoms with E-state index in [0.29, 0.717) is 18.7 Å². The van der Waals surface area contributed by atoms with Crippen LogP contribution < -0.4 is 10.8 Å². The van der Waals surface area contributed by atoms with Gasteiger partial charge < -0.3 is 9.74 Å². The summed E-state index contributed by atoms with van der Waals surface area (Å²) in [7, 11) is -1.64. The molecule has 1 fully saturated rings. The molecular formula is C19H34N2O2Si. The molecule has 2 rings (SSSR count). The first-order valence-corrected chi connectivity index (χ1v) is 12.0. The summed E-state index contributed by atoms with van der Waals surface area (Å²) in [6.45, 7) is 13.9. The van der Waals surface area contributed by atoms with Crippen LogP contribution in [0, 0.1) is 0 Å². The Morgan fingerprint density at radius 1 is 1.17 bits per heavy atom. The molecule has 1 aromatic carbocycles. The molecule has 2 atom stereocenters. The fraction of sp³-hybridized carbons (Fsp3) is 0.684. The lowest BCUT2D eigenvalue weighted by Crippen LogP contribution is -2.51. The highest BCUT2D eigenvalue weighted by atomic mass is 28.4. The van der Waals surface area contributed by atoms with Gasteiger partial charge in [-0.25, -0.2) is 0 Å². The molecule has 24 heavy (non-hydrogen) atoms. The first-order valence-electron chi connectivity index (χ1n) is 9.06. The van der Waals surface area contributed by atoms with Gasteiger partial charge in [-0.1, -0.05) is 51.1 Å². The SMILES string of the molecule is CC(C)(C)[Si](C)(C)OC[C@@H]1CCC(NOCc2ccccc2)CN1. The van der Waals surface area contributed by atoms with Gasteiger partial charge in [0.05, 0.1) is 6.61 Å². The Labute approximate surface area is 148 Å². The molecule has 1 aliphatic rings. The molecule has 5 heteroatoms. The van der Waals surface area contributed by atoms with Crippen molar-refractivity contribution >= 4 is 8.32 Å². The van der Waals surface area contributed by atoms with Crippen LogP contribution in [-0.4, -0.2) is 33.6 Å². The Morgan fingerprint density at radius 3 is 2.46 bits per heavy atom. The molecule has 0 spiro atoms. The van der Waals surface area contributed by atoms with Crippen LogP contribution in [0.3, 0.4) is 0 Å². The standard InChI is InChI=1S/C19H34N2O2Si/c1-19(2,3)24(4,5)23-15-18-12-11-17(13-20-18)21-22-14-16-9-7-6-8-10-16/h6-10,17-18,20-21H,11-15H2,1-5H3/t17?,18-/m0/s1. The van der Waals surface area contributed by atoms with Gasteiger partial charge in [0.15, 0.2) is 8.32 Å². The van der Waals surface area contributed by atoms with Gasteiger partial charge in [-0.3, -0.25) is 4.84 Å². The van der Waals surface area contributed by atoms with Crippen molar-refractivity contribution in [3.63, 3.8) is 0 Å². The molecule has 1 saturated heterocycles. The summed E-state index contributed by atoms with van der Waals surface area (Å²) < 4.78 is 6.33. The molecule has 0 radical (unpaired) electrons. The van der Waals surface area contributed by atoms with Crippen LogP contribution in [0.5, 0.6) is 0 Å². The molecular weight excluding hydrogens is 316 g/mol. The van der Waals surface area contributed by atoms with E-state index in [0.717, 1.165) is 26.0 Å². The summed E-state index contributed by atoms with van der Waals surface area (Å²) in [5.41, 5.74) is 4.38. The highest BCUT2D eigenvalue weighted by molar-refractivity contribution is 6.74. The Bertz CT molecular complexity index is 480. The molecule has 0 bridgehead atoms. The van der Waals surface area contributed by atoms with Crippen LogP contribution in [0.1, 0.15) is 39.2 Å². The van der Waals surface area contributed by atoms with Gasteiger partial charge in [-0.15, -0.1) is 0 Å². The van der Waals surface area contributed by atoms with Crippen molar-refractivity contribution in [2.24, 2.45) is 0 Å². The molecule has 0 amide bonds. The number of benzene rings is 1. The zero-order valence-electron chi connectivity index (χ0n) is 15.9. The largest absolute Gasteiger partial charge is 0.415 e. The molecule has 1 aromatic rings. The van der Waals surface area contributed by atoms with Crippen LogP contribution >= 0.6 is 0 Å². The van der Waals surface area contributed by atoms with Crippen molar-refractivity contribution in [1.82, 2.24) is 10.8 Å². The Morgan fingerprint density at radius 2 is 1.88 bits per heavy atom. The van der Waals surface area contributed by atoms with Crippen LogP contribution in [0.15, 0.2) is 30.3 Å². The van der Waals surface area contributed by atoms with E-state index in [1.165, 1.54) is 5.56 Å². The fourth-order valence-corrected chi connectivity index (χ4v) is 3.55. The predicted molar refractivity (Wildman–Crippen MR) is 102 cm³/mol. The van der Waals surface area contributed by atoms with E-state index in [4.69, 9.17) is 9.26 Å². The third-order valence-electron chi connectivity index (χ3n) is 5.30. The van der Waals surface area contributed by atoms with E-state index >= 15 is 0 Å². The molecule has 136 valence electrons. The van der Waals surface area contributed by atoms with Gasteiger partial charge in [-0.05, 0) is 36.5 Å². The van der Waals surface area contributed by atoms with Crippen LogP contribution in [0.4, 0.5) is 0 Å². The Balaban J connectivity index is 1.63. The summed E-state index contributed by atoms with van der Waals surface area (Å²) in [6.07, 6.45) is 2.24. The van der Waals surface area contributed by atoms with Crippen molar-refractivity contribution in [3.8, 4) is 0 Å². The highest BCUT2D eigenvalue weighted by Crippen LogP contribution is 2.36. The minimum Gasteiger partial charge on any atom is -0.415 e. The average Bonchev–Trinajstić information content (AvgIpc) is 2.54. The quantitative estimate of drug-likeness (QED) is 0.579. The number of piperidine rings is 1. The second kappa shape index (κ2) is 8.58. The van der Waals surface area contributed by atoms with Gasteiger partial charge >= 0.3 is 0 Å². The summed E-state index contributed by atoms with van der Waals surface area (Å²) in [6, 6.07) is 11.1. The van der Waals surface area contributed by atoms with Crippen LogP contribution in [0.25, 0.3) is 0 Å². The van der Waals surface area contributed by atoms with Gasteiger partial charge in [-0.2, -0.15) is 5.48 Å². The maximum atomic E-state index is 6.33. The molecule has 0 saturated carbocycles. The van der Waals surface area contributed by atoms with Crippen LogP contribution in [0.2, 0.25) is 18.1 Å². The minimum absolute atomic E-state index is 0.275. The van der Waals surface area contributed by atoms with Crippen molar-refractivity contribution in [2.45, 2.75) is 70.4 Å². The van der Waals surface area contributed by atoms with Crippen molar-refractivity contribution < 1.29 is 9.26 Å². The van der Waals surface area contributed by atoms with Crippen molar-refractivity contribution in [2.75, 3.05) is 13.2 Å². The second-order valence-electron chi connectivity index (χ2n) is 8.34. The summed E-state index contributed by atoms with van der Waals surface area (Å²) in [5, 5.41) is 3.87. The second-order valence-corrected chi connectivity index (χ2v) is 13.2. The summed E-state index contributed by atoms with van der Waals surface area (Å²) in [4.78, 5) is 5.64. The predicted octanol–water partition coefficient (Wildman–Crippen LogP) is 3.85. The van der Waals surface area contributed by atoms with E-state index < -0.39 is 8.32 Å². The number of hydrogen-bond acceptors (Lipinski definition) is 4. The number of nitrogens with one attached hydrogen (secondary N) is 2. The molecule has 0 aromatic heterocycles. The maximum absolute atomic E-state index is 6.33. The highest BCUT2D eigenvalue weighted by Gasteiger charge is 2.37. The van der Waals surface area contributed by atoms with E-state index in [9.17, 15) is 0 Å². The lowest BCUT2D eigenvalue weighted by atomic mass is 10.0. The lowest BCUT2D eigenvalue weighted by molar-refractivity contribution is -0.00517.